The highest BCUT2D eigenvalue weighted by atomic mass is 32.2. The van der Waals surface area contributed by atoms with Gasteiger partial charge in [0.15, 0.2) is 0 Å². The fourth-order valence-electron chi connectivity index (χ4n) is 2.12. The fraction of sp³-hybridized carbons (Fsp3) is 0.800. The number of nitroso groups, excluding NO2 is 1. The summed E-state index contributed by atoms with van der Waals surface area (Å²) in [7, 11) is 0. The summed E-state index contributed by atoms with van der Waals surface area (Å²) in [4.78, 5) is 34.7. The van der Waals surface area contributed by atoms with Gasteiger partial charge in [0, 0.05) is 28.8 Å². The molecule has 1 heterocycles. The Balaban J connectivity index is 2.68. The fourth-order valence-corrected chi connectivity index (χ4v) is 2.67. The lowest BCUT2D eigenvalue weighted by molar-refractivity contribution is -0.149. The Kier molecular flexibility index (Phi) is 6.06. The molecule has 0 aromatic rings. The first-order valence-electron chi connectivity index (χ1n) is 5.79. The van der Waals surface area contributed by atoms with Gasteiger partial charge in [0.05, 0.1) is 5.92 Å². The number of hydrogen-bond donors (Lipinski definition) is 2. The minimum absolute atomic E-state index is 0.235. The van der Waals surface area contributed by atoms with Crippen LogP contribution < -0.4 is 5.73 Å². The summed E-state index contributed by atoms with van der Waals surface area (Å²) >= 11 is 0.772. The molecule has 0 aliphatic carbocycles. The summed E-state index contributed by atoms with van der Waals surface area (Å²) in [5.41, 5.74) is 5.43. The highest BCUT2D eigenvalue weighted by molar-refractivity contribution is 7.97. The van der Waals surface area contributed by atoms with Gasteiger partial charge in [-0.15, -0.1) is 4.91 Å². The molecule has 2 atom stereocenters. The van der Waals surface area contributed by atoms with Crippen LogP contribution in [0.3, 0.4) is 0 Å². The van der Waals surface area contributed by atoms with Gasteiger partial charge in [-0.25, -0.2) is 4.79 Å². The van der Waals surface area contributed by atoms with E-state index in [1.54, 1.807) is 0 Å². The summed E-state index contributed by atoms with van der Waals surface area (Å²) in [5, 5.41) is 9.03. The monoisotopic (exact) mass is 275 g/mol. The van der Waals surface area contributed by atoms with Gasteiger partial charge in [-0.3, -0.25) is 4.79 Å². The first kappa shape index (κ1) is 14.9. The quantitative estimate of drug-likeness (QED) is 0.515. The maximum Gasteiger partial charge on any atom is 0.326 e. The second kappa shape index (κ2) is 7.32. The lowest BCUT2D eigenvalue weighted by atomic mass is 10.1. The van der Waals surface area contributed by atoms with Crippen LogP contribution in [0, 0.1) is 10.8 Å². The lowest BCUT2D eigenvalue weighted by Crippen LogP contribution is -2.44. The van der Waals surface area contributed by atoms with E-state index in [0.717, 1.165) is 11.9 Å². The average molecular weight is 275 g/mol. The number of hydrogen-bond acceptors (Lipinski definition) is 6. The molecule has 3 N–H and O–H groups in total. The van der Waals surface area contributed by atoms with E-state index in [2.05, 4.69) is 4.58 Å². The molecule has 0 bridgehead atoms. The Morgan fingerprint density at radius 1 is 1.56 bits per heavy atom. The van der Waals surface area contributed by atoms with Gasteiger partial charge in [-0.2, -0.15) is 0 Å². The zero-order valence-corrected chi connectivity index (χ0v) is 10.8. The molecule has 1 fully saturated rings. The van der Waals surface area contributed by atoms with Crippen LogP contribution in [0.5, 0.6) is 0 Å². The smallest absolute Gasteiger partial charge is 0.326 e. The van der Waals surface area contributed by atoms with Gasteiger partial charge < -0.3 is 15.7 Å². The van der Waals surface area contributed by atoms with Crippen molar-refractivity contribution in [1.29, 1.82) is 0 Å². The van der Waals surface area contributed by atoms with Crippen LogP contribution >= 0.6 is 11.9 Å². The molecule has 1 saturated heterocycles. The summed E-state index contributed by atoms with van der Waals surface area (Å²) < 4.78 is 2.66. The molecular weight excluding hydrogens is 258 g/mol. The van der Waals surface area contributed by atoms with Crippen LogP contribution in [-0.4, -0.2) is 46.8 Å². The van der Waals surface area contributed by atoms with Crippen LogP contribution in [0.1, 0.15) is 19.3 Å². The number of likely N-dealkylation sites (tertiary alicyclic amines) is 1. The van der Waals surface area contributed by atoms with Crippen molar-refractivity contribution in [3.63, 3.8) is 0 Å². The third-order valence-corrected chi connectivity index (χ3v) is 3.67. The van der Waals surface area contributed by atoms with E-state index >= 15 is 0 Å². The average Bonchev–Trinajstić information content (AvgIpc) is 2.82. The molecule has 1 rings (SSSR count). The van der Waals surface area contributed by atoms with Crippen LogP contribution in [0.25, 0.3) is 0 Å². The zero-order valence-electron chi connectivity index (χ0n) is 9.95. The van der Waals surface area contributed by atoms with Gasteiger partial charge in [-0.05, 0) is 25.8 Å². The molecule has 1 aliphatic heterocycles. The largest absolute Gasteiger partial charge is 0.480 e. The molecule has 0 aromatic carbocycles. The molecule has 102 valence electrons. The number of nitrogens with zero attached hydrogens (tertiary/aromatic N) is 2. The molecule has 7 nitrogen and oxygen atoms in total. The summed E-state index contributed by atoms with van der Waals surface area (Å²) in [6, 6.07) is -0.744. The first-order valence-corrected chi connectivity index (χ1v) is 6.74. The molecule has 1 aliphatic rings. The van der Waals surface area contributed by atoms with Crippen molar-refractivity contribution in [3.8, 4) is 0 Å². The molecular formula is C10H17N3O4S. The third kappa shape index (κ3) is 3.67. The minimum atomic E-state index is -0.978. The Labute approximate surface area is 109 Å². The summed E-state index contributed by atoms with van der Waals surface area (Å²) in [6.45, 7) is 0.775. The van der Waals surface area contributed by atoms with Crippen LogP contribution in [0.15, 0.2) is 4.58 Å². The van der Waals surface area contributed by atoms with Crippen LogP contribution in [0.4, 0.5) is 0 Å². The van der Waals surface area contributed by atoms with E-state index in [-0.39, 0.29) is 11.7 Å². The van der Waals surface area contributed by atoms with E-state index in [4.69, 9.17) is 10.8 Å². The van der Waals surface area contributed by atoms with Gasteiger partial charge in [0.25, 0.3) is 0 Å². The van der Waals surface area contributed by atoms with Crippen LogP contribution in [-0.2, 0) is 9.59 Å². The molecule has 1 amide bonds. The van der Waals surface area contributed by atoms with Gasteiger partial charge in [0.1, 0.15) is 6.04 Å². The lowest BCUT2D eigenvalue weighted by Gasteiger charge is -2.25. The van der Waals surface area contributed by atoms with Crippen molar-refractivity contribution < 1.29 is 14.7 Å². The summed E-state index contributed by atoms with van der Waals surface area (Å²) in [6.07, 6.45) is 1.61. The zero-order chi connectivity index (χ0) is 13.5. The molecule has 0 radical (unpaired) electrons. The van der Waals surface area contributed by atoms with E-state index in [9.17, 15) is 14.5 Å². The highest BCUT2D eigenvalue weighted by Crippen LogP contribution is 2.23. The van der Waals surface area contributed by atoms with E-state index in [1.165, 1.54) is 4.90 Å². The Morgan fingerprint density at radius 3 is 2.83 bits per heavy atom. The molecule has 8 heteroatoms. The van der Waals surface area contributed by atoms with E-state index in [1.807, 2.05) is 0 Å². The Hall–Kier alpha value is -1.15. The second-order valence-electron chi connectivity index (χ2n) is 4.17. The number of carbonyl (C=O) groups excluding carboxylic acids is 1. The Morgan fingerprint density at radius 2 is 2.28 bits per heavy atom. The highest BCUT2D eigenvalue weighted by Gasteiger charge is 2.36. The summed E-state index contributed by atoms with van der Waals surface area (Å²) in [5.74, 6) is -1.39. The molecule has 0 aromatic heterocycles. The molecule has 0 saturated carbocycles. The molecule has 18 heavy (non-hydrogen) atoms. The van der Waals surface area contributed by atoms with E-state index < -0.39 is 17.9 Å². The first-order chi connectivity index (χ1) is 8.61. The van der Waals surface area contributed by atoms with Crippen molar-refractivity contribution in [3.05, 3.63) is 4.91 Å². The number of carbonyl (C=O) groups is 2. The number of rotatable bonds is 7. The van der Waals surface area contributed by atoms with Crippen molar-refractivity contribution in [2.24, 2.45) is 16.2 Å². The van der Waals surface area contributed by atoms with Crippen molar-refractivity contribution >= 4 is 23.8 Å². The van der Waals surface area contributed by atoms with Crippen molar-refractivity contribution in [2.75, 3.05) is 18.8 Å². The van der Waals surface area contributed by atoms with Gasteiger partial charge in [-0.1, -0.05) is 0 Å². The number of nitrogens with two attached hydrogens (primary N) is 1. The van der Waals surface area contributed by atoms with Crippen molar-refractivity contribution in [1.82, 2.24) is 4.90 Å². The number of amides is 1. The Bertz CT molecular complexity index is 326. The number of aliphatic carboxylic acids is 1. The molecule has 0 spiro atoms. The predicted molar refractivity (Wildman–Crippen MR) is 67.8 cm³/mol. The topological polar surface area (TPSA) is 113 Å². The van der Waals surface area contributed by atoms with Crippen molar-refractivity contribution in [2.45, 2.75) is 25.3 Å². The van der Waals surface area contributed by atoms with Crippen LogP contribution in [0.2, 0.25) is 0 Å². The maximum absolute atomic E-state index is 12.2. The minimum Gasteiger partial charge on any atom is -0.480 e. The SMILES string of the molecule is NCC[C@H](CSN=O)C(=O)N1CCC[C@H]1C(=O)O. The maximum atomic E-state index is 12.2. The normalized spacial score (nSPS) is 20.7. The third-order valence-electron chi connectivity index (χ3n) is 3.01. The van der Waals surface area contributed by atoms with Gasteiger partial charge in [0.2, 0.25) is 5.91 Å². The van der Waals surface area contributed by atoms with Gasteiger partial charge >= 0.3 is 5.97 Å². The van der Waals surface area contributed by atoms with E-state index in [0.29, 0.717) is 32.4 Å². The second-order valence-corrected chi connectivity index (χ2v) is 4.91. The molecule has 0 unspecified atom stereocenters. The predicted octanol–water partition coefficient (Wildman–Crippen LogP) is 0.442. The number of carboxylic acids is 1. The standard InChI is InChI=1S/C10H17N3O4S/c11-4-3-7(6-18-12-17)9(14)13-5-1-2-8(13)10(15)16/h7-8H,1-6,11H2,(H,15,16)/t7-,8+/m1/s1. The number of carboxylic acid groups (broad SMARTS) is 1.